The highest BCUT2D eigenvalue weighted by Gasteiger charge is 2.29. The number of anilines is 1. The fourth-order valence-corrected chi connectivity index (χ4v) is 4.69. The molecule has 0 saturated carbocycles. The van der Waals surface area contributed by atoms with Gasteiger partial charge in [-0.15, -0.1) is 0 Å². The molecule has 1 aliphatic heterocycles. The Kier molecular flexibility index (Phi) is 6.03. The number of nitrogens with zero attached hydrogens (tertiary/aromatic N) is 2. The number of rotatable bonds is 8. The summed E-state index contributed by atoms with van der Waals surface area (Å²) in [6.45, 7) is 2.47. The molecule has 0 spiro atoms. The number of aryl methyl sites for hydroxylation is 1. The number of unbranched alkanes of at least 4 members (excludes halogenated alkanes) is 2. The largest absolute Gasteiger partial charge is 0.441 e. The van der Waals surface area contributed by atoms with Gasteiger partial charge in [-0.25, -0.2) is 13.4 Å². The Hall–Kier alpha value is -3.20. The van der Waals surface area contributed by atoms with Crippen LogP contribution < -0.4 is 10.0 Å². The van der Waals surface area contributed by atoms with Gasteiger partial charge in [-0.1, -0.05) is 25.5 Å². The van der Waals surface area contributed by atoms with E-state index in [1.807, 2.05) is 19.1 Å². The van der Waals surface area contributed by atoms with Crippen molar-refractivity contribution in [3.8, 4) is 0 Å². The van der Waals surface area contributed by atoms with Gasteiger partial charge in [0.25, 0.3) is 10.0 Å². The van der Waals surface area contributed by atoms with E-state index in [2.05, 4.69) is 20.0 Å². The number of amidine groups is 1. The van der Waals surface area contributed by atoms with Crippen LogP contribution in [0.1, 0.15) is 44.1 Å². The molecule has 0 saturated heterocycles. The molecule has 31 heavy (non-hydrogen) atoms. The topological polar surface area (TPSA) is 114 Å². The molecule has 2 aromatic carbocycles. The van der Waals surface area contributed by atoms with E-state index in [0.717, 1.165) is 31.2 Å². The number of hydrogen-bond donors (Lipinski definition) is 2. The first-order chi connectivity index (χ1) is 15.0. The van der Waals surface area contributed by atoms with Crippen molar-refractivity contribution in [2.24, 2.45) is 4.99 Å². The average Bonchev–Trinajstić information content (AvgIpc) is 3.28. The first-order valence-electron chi connectivity index (χ1n) is 10.3. The van der Waals surface area contributed by atoms with E-state index >= 15 is 0 Å². The van der Waals surface area contributed by atoms with Gasteiger partial charge < -0.3 is 9.73 Å². The zero-order valence-electron chi connectivity index (χ0n) is 17.2. The average molecular weight is 441 g/mol. The first kappa shape index (κ1) is 21.0. The number of oxazole rings is 1. The summed E-state index contributed by atoms with van der Waals surface area (Å²) in [5, 5.41) is 2.89. The molecule has 9 heteroatoms. The number of aliphatic imine (C=N–C) groups is 1. The zero-order valence-corrected chi connectivity index (χ0v) is 18.0. The maximum absolute atomic E-state index is 12.2. The second kappa shape index (κ2) is 8.89. The highest BCUT2D eigenvalue weighted by atomic mass is 32.2. The molecule has 0 radical (unpaired) electrons. The summed E-state index contributed by atoms with van der Waals surface area (Å²) < 4.78 is 32.2. The van der Waals surface area contributed by atoms with Gasteiger partial charge in [0.2, 0.25) is 5.91 Å². The third-order valence-corrected chi connectivity index (χ3v) is 6.41. The lowest BCUT2D eigenvalue weighted by Gasteiger charge is -2.05. The van der Waals surface area contributed by atoms with Gasteiger partial charge in [0, 0.05) is 30.6 Å². The molecule has 1 aromatic heterocycles. The minimum Gasteiger partial charge on any atom is -0.441 e. The lowest BCUT2D eigenvalue weighted by Crippen LogP contribution is -2.22. The van der Waals surface area contributed by atoms with E-state index in [9.17, 15) is 13.2 Å². The van der Waals surface area contributed by atoms with Crippen LogP contribution in [0.15, 0.2) is 56.8 Å². The van der Waals surface area contributed by atoms with E-state index < -0.39 is 10.0 Å². The highest BCUT2D eigenvalue weighted by Crippen LogP contribution is 2.22. The lowest BCUT2D eigenvalue weighted by atomic mass is 10.1. The Bertz CT molecular complexity index is 1250. The van der Waals surface area contributed by atoms with Gasteiger partial charge in [-0.05, 0) is 43.2 Å². The third kappa shape index (κ3) is 4.77. The summed E-state index contributed by atoms with van der Waals surface area (Å²) in [6.07, 6.45) is 3.45. The summed E-state index contributed by atoms with van der Waals surface area (Å²) in [5.74, 6) is 1.01. The van der Waals surface area contributed by atoms with Crippen LogP contribution in [-0.4, -0.2) is 31.7 Å². The third-order valence-electron chi connectivity index (χ3n) is 5.01. The van der Waals surface area contributed by atoms with Crippen LogP contribution in [0, 0.1) is 0 Å². The fourth-order valence-electron chi connectivity index (χ4n) is 3.44. The molecule has 0 fully saturated rings. The van der Waals surface area contributed by atoms with Crippen LogP contribution in [0.3, 0.4) is 0 Å². The molecule has 2 N–H and O–H groups in total. The number of nitrogens with one attached hydrogen (secondary N) is 2. The zero-order chi connectivity index (χ0) is 21.8. The van der Waals surface area contributed by atoms with Crippen molar-refractivity contribution in [1.29, 1.82) is 0 Å². The SMILES string of the molecule is CCc1nc2cc(NC(=O)CCCCCN=C3NS(=O)(=O)c4ccccc43)ccc2o1. The minimum atomic E-state index is -3.50. The maximum Gasteiger partial charge on any atom is 0.263 e. The van der Waals surface area contributed by atoms with E-state index in [1.54, 1.807) is 30.3 Å². The Balaban J connectivity index is 1.22. The summed E-state index contributed by atoms with van der Waals surface area (Å²) in [7, 11) is -3.50. The van der Waals surface area contributed by atoms with Gasteiger partial charge in [0.05, 0.1) is 4.90 Å². The number of hydrogen-bond acceptors (Lipinski definition) is 6. The van der Waals surface area contributed by atoms with Crippen LogP contribution in [0.5, 0.6) is 0 Å². The molecule has 4 rings (SSSR count). The minimum absolute atomic E-state index is 0.0534. The van der Waals surface area contributed by atoms with Crippen LogP contribution in [-0.2, 0) is 21.2 Å². The quantitative estimate of drug-likeness (QED) is 0.519. The molecule has 1 aliphatic rings. The summed E-state index contributed by atoms with van der Waals surface area (Å²) in [5.41, 5.74) is 2.76. The van der Waals surface area contributed by atoms with Gasteiger partial charge in [0.15, 0.2) is 11.5 Å². The molecule has 0 bridgehead atoms. The molecular weight excluding hydrogens is 416 g/mol. The Labute approximate surface area is 180 Å². The van der Waals surface area contributed by atoms with Crippen LogP contribution in [0.2, 0.25) is 0 Å². The summed E-state index contributed by atoms with van der Waals surface area (Å²) in [6, 6.07) is 12.2. The molecule has 3 aromatic rings. The summed E-state index contributed by atoms with van der Waals surface area (Å²) in [4.78, 5) is 21.2. The first-order valence-corrected chi connectivity index (χ1v) is 11.8. The van der Waals surface area contributed by atoms with Crippen LogP contribution in [0.25, 0.3) is 11.1 Å². The van der Waals surface area contributed by atoms with Crippen LogP contribution >= 0.6 is 0 Å². The molecule has 0 unspecified atom stereocenters. The maximum atomic E-state index is 12.2. The Morgan fingerprint density at radius 2 is 2.00 bits per heavy atom. The Morgan fingerprint density at radius 1 is 1.16 bits per heavy atom. The molecule has 0 atom stereocenters. The monoisotopic (exact) mass is 440 g/mol. The molecule has 1 amide bonds. The number of carbonyl (C=O) groups is 1. The number of amides is 1. The predicted octanol–water partition coefficient (Wildman–Crippen LogP) is 3.63. The van der Waals surface area contributed by atoms with Crippen molar-refractivity contribution in [2.45, 2.75) is 43.9 Å². The number of sulfonamides is 1. The molecular formula is C22H24N4O4S. The van der Waals surface area contributed by atoms with E-state index in [1.165, 1.54) is 0 Å². The second-order valence-electron chi connectivity index (χ2n) is 7.33. The van der Waals surface area contributed by atoms with Gasteiger partial charge in [0.1, 0.15) is 11.4 Å². The van der Waals surface area contributed by atoms with E-state index in [0.29, 0.717) is 41.5 Å². The van der Waals surface area contributed by atoms with Crippen molar-refractivity contribution in [3.63, 3.8) is 0 Å². The number of aromatic nitrogens is 1. The number of benzene rings is 2. The summed E-state index contributed by atoms with van der Waals surface area (Å²) >= 11 is 0. The van der Waals surface area contributed by atoms with Crippen molar-refractivity contribution in [1.82, 2.24) is 9.71 Å². The van der Waals surface area contributed by atoms with Crippen molar-refractivity contribution >= 4 is 38.6 Å². The van der Waals surface area contributed by atoms with Crippen LogP contribution in [0.4, 0.5) is 5.69 Å². The van der Waals surface area contributed by atoms with Crippen molar-refractivity contribution < 1.29 is 17.6 Å². The van der Waals surface area contributed by atoms with Gasteiger partial charge in [-0.2, -0.15) is 0 Å². The predicted molar refractivity (Wildman–Crippen MR) is 119 cm³/mol. The fraction of sp³-hybridized carbons (Fsp3) is 0.318. The smallest absolute Gasteiger partial charge is 0.263 e. The molecule has 8 nitrogen and oxygen atoms in total. The normalized spacial score (nSPS) is 15.7. The van der Waals surface area contributed by atoms with E-state index in [4.69, 9.17) is 4.42 Å². The number of carbonyl (C=O) groups excluding carboxylic acids is 1. The number of fused-ring (bicyclic) bond motifs is 2. The molecule has 0 aliphatic carbocycles. The Morgan fingerprint density at radius 3 is 2.84 bits per heavy atom. The van der Waals surface area contributed by atoms with Crippen molar-refractivity contribution in [2.75, 3.05) is 11.9 Å². The molecule has 162 valence electrons. The lowest BCUT2D eigenvalue weighted by molar-refractivity contribution is -0.116. The standard InChI is InChI=1S/C22H24N4O4S/c1-2-21-25-17-14-15(11-12-18(17)30-21)24-20(27)10-4-3-7-13-23-22-16-8-5-6-9-19(16)31(28,29)26-22/h5-6,8-9,11-12,14H,2-4,7,10,13H2,1H3,(H,23,26)(H,24,27). The van der Waals surface area contributed by atoms with Crippen molar-refractivity contribution in [3.05, 3.63) is 53.9 Å². The second-order valence-corrected chi connectivity index (χ2v) is 8.99. The molecule has 2 heterocycles. The van der Waals surface area contributed by atoms with E-state index in [-0.39, 0.29) is 10.8 Å². The highest BCUT2D eigenvalue weighted by molar-refractivity contribution is 7.90. The van der Waals surface area contributed by atoms with Gasteiger partial charge in [-0.3, -0.25) is 14.5 Å². The van der Waals surface area contributed by atoms with Gasteiger partial charge >= 0.3 is 0 Å².